The predicted octanol–water partition coefficient (Wildman–Crippen LogP) is 3.75. The zero-order chi connectivity index (χ0) is 18.8. The number of hydrogen-bond acceptors (Lipinski definition) is 3. The fourth-order valence-electron chi connectivity index (χ4n) is 2.60. The van der Waals surface area contributed by atoms with Crippen LogP contribution in [0.25, 0.3) is 0 Å². The fourth-order valence-corrected chi connectivity index (χ4v) is 2.60. The molecule has 0 spiro atoms. The van der Waals surface area contributed by atoms with Gasteiger partial charge in [0.25, 0.3) is 0 Å². The van der Waals surface area contributed by atoms with Crippen LogP contribution < -0.4 is 5.32 Å². The van der Waals surface area contributed by atoms with Crippen molar-refractivity contribution >= 4 is 11.9 Å². The molecule has 1 atom stereocenters. The first-order valence-corrected chi connectivity index (χ1v) is 9.05. The van der Waals surface area contributed by atoms with E-state index in [9.17, 15) is 9.59 Å². The van der Waals surface area contributed by atoms with Crippen molar-refractivity contribution in [2.24, 2.45) is 11.8 Å². The number of amides is 1. The van der Waals surface area contributed by atoms with E-state index in [4.69, 9.17) is 4.74 Å². The lowest BCUT2D eigenvalue weighted by Crippen LogP contribution is -2.35. The lowest BCUT2D eigenvalue weighted by Gasteiger charge is -2.17. The topological polar surface area (TPSA) is 55.4 Å². The van der Waals surface area contributed by atoms with Gasteiger partial charge in [0.1, 0.15) is 6.61 Å². The van der Waals surface area contributed by atoms with Gasteiger partial charge in [0.05, 0.1) is 12.3 Å². The van der Waals surface area contributed by atoms with E-state index < -0.39 is 5.92 Å². The SMILES string of the molecule is CC(C)CNC(=O)[C@@H](CC(=O)OCc1ccccc1)Cc1ccccc1. The molecule has 0 aromatic heterocycles. The zero-order valence-electron chi connectivity index (χ0n) is 15.5. The van der Waals surface area contributed by atoms with Gasteiger partial charge < -0.3 is 10.1 Å². The molecule has 1 amide bonds. The van der Waals surface area contributed by atoms with E-state index in [1.165, 1.54) is 0 Å². The summed E-state index contributed by atoms with van der Waals surface area (Å²) in [6, 6.07) is 19.3. The van der Waals surface area contributed by atoms with Crippen LogP contribution in [0.2, 0.25) is 0 Å². The maximum absolute atomic E-state index is 12.5. The maximum Gasteiger partial charge on any atom is 0.306 e. The molecule has 0 aliphatic rings. The Kier molecular flexibility index (Phi) is 7.87. The summed E-state index contributed by atoms with van der Waals surface area (Å²) < 4.78 is 5.35. The summed E-state index contributed by atoms with van der Waals surface area (Å²) in [5.74, 6) is -0.519. The number of ether oxygens (including phenoxy) is 1. The molecule has 0 unspecified atom stereocenters. The van der Waals surface area contributed by atoms with Crippen molar-refractivity contribution in [3.05, 3.63) is 71.8 Å². The molecule has 0 fully saturated rings. The van der Waals surface area contributed by atoms with E-state index in [1.54, 1.807) is 0 Å². The highest BCUT2D eigenvalue weighted by Gasteiger charge is 2.23. The van der Waals surface area contributed by atoms with Crippen LogP contribution in [0.5, 0.6) is 0 Å². The Hall–Kier alpha value is -2.62. The number of rotatable bonds is 9. The van der Waals surface area contributed by atoms with E-state index >= 15 is 0 Å². The molecule has 1 N–H and O–H groups in total. The number of carbonyl (C=O) groups is 2. The lowest BCUT2D eigenvalue weighted by atomic mass is 9.95. The largest absolute Gasteiger partial charge is 0.461 e. The number of esters is 1. The summed E-state index contributed by atoms with van der Waals surface area (Å²) in [6.45, 7) is 4.91. The minimum absolute atomic E-state index is 0.0751. The van der Waals surface area contributed by atoms with E-state index in [0.717, 1.165) is 11.1 Å². The van der Waals surface area contributed by atoms with Crippen molar-refractivity contribution in [3.63, 3.8) is 0 Å². The third-order valence-corrected chi connectivity index (χ3v) is 4.04. The average molecular weight is 353 g/mol. The van der Waals surface area contributed by atoms with Gasteiger partial charge in [-0.05, 0) is 23.5 Å². The Morgan fingerprint density at radius 2 is 1.50 bits per heavy atom. The normalized spacial score (nSPS) is 11.8. The standard InChI is InChI=1S/C22H27NO3/c1-17(2)15-23-22(25)20(13-18-9-5-3-6-10-18)14-21(24)26-16-19-11-7-4-8-12-19/h3-12,17,20H,13-16H2,1-2H3,(H,23,25)/t20-/m1/s1. The minimum Gasteiger partial charge on any atom is -0.461 e. The second kappa shape index (κ2) is 10.4. The minimum atomic E-state index is -0.431. The Labute approximate surface area is 155 Å². The molecule has 0 saturated carbocycles. The van der Waals surface area contributed by atoms with E-state index in [-0.39, 0.29) is 24.9 Å². The van der Waals surface area contributed by atoms with Crippen LogP contribution in [0.1, 0.15) is 31.4 Å². The first kappa shape index (κ1) is 19.7. The summed E-state index contributed by atoms with van der Waals surface area (Å²) >= 11 is 0. The van der Waals surface area contributed by atoms with Crippen molar-refractivity contribution in [1.82, 2.24) is 5.32 Å². The molecule has 26 heavy (non-hydrogen) atoms. The second-order valence-corrected chi connectivity index (χ2v) is 6.88. The molecule has 0 radical (unpaired) electrons. The molecule has 0 saturated heterocycles. The Bertz CT molecular complexity index is 683. The molecule has 4 heteroatoms. The summed E-state index contributed by atoms with van der Waals surface area (Å²) in [7, 11) is 0. The van der Waals surface area contributed by atoms with Crippen molar-refractivity contribution in [2.75, 3.05) is 6.54 Å². The molecule has 2 rings (SSSR count). The predicted molar refractivity (Wildman–Crippen MR) is 102 cm³/mol. The van der Waals surface area contributed by atoms with Gasteiger partial charge in [0.15, 0.2) is 0 Å². The molecule has 0 aliphatic carbocycles. The molecular weight excluding hydrogens is 326 g/mol. The van der Waals surface area contributed by atoms with Gasteiger partial charge in [0.2, 0.25) is 5.91 Å². The monoisotopic (exact) mass is 353 g/mol. The van der Waals surface area contributed by atoms with Gasteiger partial charge in [-0.25, -0.2) is 0 Å². The first-order valence-electron chi connectivity index (χ1n) is 9.05. The van der Waals surface area contributed by atoms with Crippen LogP contribution in [0, 0.1) is 11.8 Å². The van der Waals surface area contributed by atoms with Crippen molar-refractivity contribution in [2.45, 2.75) is 33.3 Å². The van der Waals surface area contributed by atoms with Crippen LogP contribution >= 0.6 is 0 Å². The highest BCUT2D eigenvalue weighted by Crippen LogP contribution is 2.15. The van der Waals surface area contributed by atoms with Gasteiger partial charge in [-0.3, -0.25) is 9.59 Å². The second-order valence-electron chi connectivity index (χ2n) is 6.88. The fraction of sp³-hybridized carbons (Fsp3) is 0.364. The molecule has 2 aromatic carbocycles. The van der Waals surface area contributed by atoms with E-state index in [2.05, 4.69) is 5.32 Å². The highest BCUT2D eigenvalue weighted by atomic mass is 16.5. The summed E-state index contributed by atoms with van der Waals surface area (Å²) in [5, 5.41) is 2.93. The lowest BCUT2D eigenvalue weighted by molar-refractivity contribution is -0.148. The van der Waals surface area contributed by atoms with Gasteiger partial charge in [0, 0.05) is 6.54 Å². The quantitative estimate of drug-likeness (QED) is 0.699. The van der Waals surface area contributed by atoms with Gasteiger partial charge in [-0.15, -0.1) is 0 Å². The molecule has 2 aromatic rings. The summed E-state index contributed by atoms with van der Waals surface area (Å²) in [4.78, 5) is 24.8. The van der Waals surface area contributed by atoms with E-state index in [1.807, 2.05) is 74.5 Å². The summed E-state index contributed by atoms with van der Waals surface area (Å²) in [5.41, 5.74) is 1.97. The van der Waals surface area contributed by atoms with Crippen molar-refractivity contribution in [1.29, 1.82) is 0 Å². The number of hydrogen-bond donors (Lipinski definition) is 1. The van der Waals surface area contributed by atoms with Crippen LogP contribution in [0.4, 0.5) is 0 Å². The third kappa shape index (κ3) is 7.09. The Morgan fingerprint density at radius 3 is 2.08 bits per heavy atom. The molecule has 138 valence electrons. The van der Waals surface area contributed by atoms with E-state index in [0.29, 0.717) is 18.9 Å². The van der Waals surface area contributed by atoms with Crippen molar-refractivity contribution < 1.29 is 14.3 Å². The van der Waals surface area contributed by atoms with Crippen molar-refractivity contribution in [3.8, 4) is 0 Å². The Morgan fingerprint density at radius 1 is 0.923 bits per heavy atom. The molecule has 4 nitrogen and oxygen atoms in total. The van der Waals surface area contributed by atoms with Crippen LogP contribution in [-0.4, -0.2) is 18.4 Å². The summed E-state index contributed by atoms with van der Waals surface area (Å²) in [6.07, 6.45) is 0.594. The van der Waals surface area contributed by atoms with Crippen LogP contribution in [0.3, 0.4) is 0 Å². The zero-order valence-corrected chi connectivity index (χ0v) is 15.5. The third-order valence-electron chi connectivity index (χ3n) is 4.04. The van der Waals surface area contributed by atoms with Crippen LogP contribution in [0.15, 0.2) is 60.7 Å². The molecular formula is C22H27NO3. The smallest absolute Gasteiger partial charge is 0.306 e. The number of benzene rings is 2. The van der Waals surface area contributed by atoms with Crippen LogP contribution in [-0.2, 0) is 27.4 Å². The molecule has 0 heterocycles. The average Bonchev–Trinajstić information content (AvgIpc) is 2.65. The van der Waals surface area contributed by atoms with Gasteiger partial charge >= 0.3 is 5.97 Å². The Balaban J connectivity index is 1.95. The first-order chi connectivity index (χ1) is 12.5. The molecule has 0 bridgehead atoms. The molecule has 0 aliphatic heterocycles. The number of nitrogens with one attached hydrogen (secondary N) is 1. The number of carbonyl (C=O) groups excluding carboxylic acids is 2. The maximum atomic E-state index is 12.5. The van der Waals surface area contributed by atoms with Gasteiger partial charge in [-0.2, -0.15) is 0 Å². The highest BCUT2D eigenvalue weighted by molar-refractivity contribution is 5.84. The van der Waals surface area contributed by atoms with Gasteiger partial charge in [-0.1, -0.05) is 74.5 Å².